The van der Waals surface area contributed by atoms with Gasteiger partial charge in [0, 0.05) is 5.92 Å². The third kappa shape index (κ3) is 1.62. The minimum absolute atomic E-state index is 0.573. The van der Waals surface area contributed by atoms with E-state index in [2.05, 4.69) is 11.9 Å². The highest BCUT2D eigenvalue weighted by Gasteiger charge is 2.32. The fourth-order valence-corrected chi connectivity index (χ4v) is 2.65. The summed E-state index contributed by atoms with van der Waals surface area (Å²) >= 11 is 0. The van der Waals surface area contributed by atoms with E-state index in [-0.39, 0.29) is 0 Å². The van der Waals surface area contributed by atoms with Crippen molar-refractivity contribution >= 4 is 11.1 Å². The SMILES string of the molecule is CCCC1CC(c2nc3ccccc3o2)C1. The van der Waals surface area contributed by atoms with Crippen LogP contribution in [0.25, 0.3) is 11.1 Å². The Morgan fingerprint density at radius 1 is 1.31 bits per heavy atom. The van der Waals surface area contributed by atoms with Crippen molar-refractivity contribution in [3.05, 3.63) is 30.2 Å². The maximum atomic E-state index is 5.79. The molecule has 2 heteroatoms. The number of para-hydroxylation sites is 2. The molecular weight excluding hydrogens is 198 g/mol. The highest BCUT2D eigenvalue weighted by Crippen LogP contribution is 2.43. The molecule has 0 saturated heterocycles. The molecule has 0 atom stereocenters. The van der Waals surface area contributed by atoms with Crippen LogP contribution in [0.2, 0.25) is 0 Å². The lowest BCUT2D eigenvalue weighted by atomic mass is 9.73. The number of rotatable bonds is 3. The second-order valence-corrected chi connectivity index (χ2v) is 4.84. The molecule has 0 aliphatic heterocycles. The molecule has 1 fully saturated rings. The number of hydrogen-bond acceptors (Lipinski definition) is 2. The molecule has 2 nitrogen and oxygen atoms in total. The molecule has 16 heavy (non-hydrogen) atoms. The van der Waals surface area contributed by atoms with Crippen molar-refractivity contribution in [3.63, 3.8) is 0 Å². The van der Waals surface area contributed by atoms with Gasteiger partial charge in [-0.2, -0.15) is 0 Å². The summed E-state index contributed by atoms with van der Waals surface area (Å²) in [6, 6.07) is 8.02. The van der Waals surface area contributed by atoms with E-state index in [1.54, 1.807) is 0 Å². The monoisotopic (exact) mass is 215 g/mol. The van der Waals surface area contributed by atoms with Gasteiger partial charge in [-0.1, -0.05) is 31.9 Å². The van der Waals surface area contributed by atoms with E-state index in [4.69, 9.17) is 4.42 Å². The summed E-state index contributed by atoms with van der Waals surface area (Å²) in [5.41, 5.74) is 1.92. The molecule has 1 aromatic heterocycles. The molecule has 2 aromatic rings. The molecule has 0 bridgehead atoms. The van der Waals surface area contributed by atoms with E-state index >= 15 is 0 Å². The molecule has 1 aliphatic rings. The van der Waals surface area contributed by atoms with Gasteiger partial charge in [0.1, 0.15) is 5.52 Å². The molecule has 84 valence electrons. The molecule has 1 aromatic carbocycles. The quantitative estimate of drug-likeness (QED) is 0.769. The fraction of sp³-hybridized carbons (Fsp3) is 0.500. The van der Waals surface area contributed by atoms with Gasteiger partial charge in [-0.05, 0) is 30.9 Å². The first-order valence-corrected chi connectivity index (χ1v) is 6.22. The number of nitrogens with zero attached hydrogens (tertiary/aromatic N) is 1. The predicted octanol–water partition coefficient (Wildman–Crippen LogP) is 4.12. The zero-order valence-corrected chi connectivity index (χ0v) is 9.65. The van der Waals surface area contributed by atoms with Crippen LogP contribution in [0, 0.1) is 5.92 Å². The van der Waals surface area contributed by atoms with Crippen LogP contribution in [0.3, 0.4) is 0 Å². The van der Waals surface area contributed by atoms with Gasteiger partial charge in [0.2, 0.25) is 0 Å². The van der Waals surface area contributed by atoms with Crippen LogP contribution in [0.5, 0.6) is 0 Å². The van der Waals surface area contributed by atoms with Crippen LogP contribution in [-0.4, -0.2) is 4.98 Å². The highest BCUT2D eigenvalue weighted by atomic mass is 16.3. The highest BCUT2D eigenvalue weighted by molar-refractivity contribution is 5.72. The van der Waals surface area contributed by atoms with Gasteiger partial charge in [-0.15, -0.1) is 0 Å². The van der Waals surface area contributed by atoms with Crippen molar-refractivity contribution in [2.24, 2.45) is 5.92 Å². The van der Waals surface area contributed by atoms with Gasteiger partial charge in [-0.3, -0.25) is 0 Å². The smallest absolute Gasteiger partial charge is 0.198 e. The number of hydrogen-bond donors (Lipinski definition) is 0. The van der Waals surface area contributed by atoms with E-state index < -0.39 is 0 Å². The van der Waals surface area contributed by atoms with Crippen LogP contribution in [-0.2, 0) is 0 Å². The molecular formula is C14H17NO. The van der Waals surface area contributed by atoms with Crippen LogP contribution in [0.1, 0.15) is 44.4 Å². The van der Waals surface area contributed by atoms with Crippen molar-refractivity contribution in [1.82, 2.24) is 4.98 Å². The zero-order valence-electron chi connectivity index (χ0n) is 9.65. The Balaban J connectivity index is 1.76. The molecule has 1 aliphatic carbocycles. The Morgan fingerprint density at radius 3 is 2.88 bits per heavy atom. The average Bonchev–Trinajstić information content (AvgIpc) is 2.65. The van der Waals surface area contributed by atoms with Crippen LogP contribution < -0.4 is 0 Å². The summed E-state index contributed by atoms with van der Waals surface area (Å²) in [6.45, 7) is 2.26. The Kier molecular flexibility index (Phi) is 2.43. The second-order valence-electron chi connectivity index (χ2n) is 4.84. The van der Waals surface area contributed by atoms with Gasteiger partial charge in [0.25, 0.3) is 0 Å². The topological polar surface area (TPSA) is 26.0 Å². The Morgan fingerprint density at radius 2 is 2.12 bits per heavy atom. The first-order chi connectivity index (χ1) is 7.86. The van der Waals surface area contributed by atoms with E-state index in [0.717, 1.165) is 22.9 Å². The number of fused-ring (bicyclic) bond motifs is 1. The zero-order chi connectivity index (χ0) is 11.0. The minimum atomic E-state index is 0.573. The van der Waals surface area contributed by atoms with Gasteiger partial charge in [0.05, 0.1) is 0 Å². The van der Waals surface area contributed by atoms with E-state index in [0.29, 0.717) is 5.92 Å². The standard InChI is InChI=1S/C14H17NO/c1-2-5-10-8-11(9-10)14-15-12-6-3-4-7-13(12)16-14/h3-4,6-7,10-11H,2,5,8-9H2,1H3. The van der Waals surface area contributed by atoms with Gasteiger partial charge in [0.15, 0.2) is 11.5 Å². The molecule has 0 amide bonds. The third-order valence-corrected chi connectivity index (χ3v) is 3.59. The fourth-order valence-electron chi connectivity index (χ4n) is 2.65. The second kappa shape index (κ2) is 3.93. The normalized spacial score (nSPS) is 24.6. The molecule has 0 unspecified atom stereocenters. The minimum Gasteiger partial charge on any atom is -0.440 e. The van der Waals surface area contributed by atoms with Crippen molar-refractivity contribution < 1.29 is 4.42 Å². The van der Waals surface area contributed by atoms with Crippen molar-refractivity contribution in [2.75, 3.05) is 0 Å². The lowest BCUT2D eigenvalue weighted by molar-refractivity contribution is 0.216. The van der Waals surface area contributed by atoms with Crippen LogP contribution >= 0.6 is 0 Å². The summed E-state index contributed by atoms with van der Waals surface area (Å²) in [7, 11) is 0. The van der Waals surface area contributed by atoms with E-state index in [1.807, 2.05) is 24.3 Å². The van der Waals surface area contributed by atoms with Crippen molar-refractivity contribution in [2.45, 2.75) is 38.5 Å². The average molecular weight is 215 g/mol. The molecule has 0 radical (unpaired) electrons. The molecule has 0 N–H and O–H groups in total. The van der Waals surface area contributed by atoms with Crippen molar-refractivity contribution in [1.29, 1.82) is 0 Å². The lowest BCUT2D eigenvalue weighted by Crippen LogP contribution is -2.21. The van der Waals surface area contributed by atoms with Crippen molar-refractivity contribution in [3.8, 4) is 0 Å². The predicted molar refractivity (Wildman–Crippen MR) is 64.4 cm³/mol. The maximum absolute atomic E-state index is 5.79. The Labute approximate surface area is 95.7 Å². The maximum Gasteiger partial charge on any atom is 0.198 e. The summed E-state index contributed by atoms with van der Waals surface area (Å²) in [5, 5.41) is 0. The number of oxazole rings is 1. The Bertz CT molecular complexity index is 449. The molecule has 1 heterocycles. The van der Waals surface area contributed by atoms with Gasteiger partial charge >= 0.3 is 0 Å². The van der Waals surface area contributed by atoms with E-state index in [1.165, 1.54) is 25.7 Å². The Hall–Kier alpha value is -1.31. The summed E-state index contributed by atoms with van der Waals surface area (Å²) < 4.78 is 5.79. The number of benzene rings is 1. The molecule has 1 saturated carbocycles. The summed E-state index contributed by atoms with van der Waals surface area (Å²) in [6.07, 6.45) is 5.18. The first kappa shape index (κ1) is 9.88. The molecule has 3 rings (SSSR count). The van der Waals surface area contributed by atoms with Gasteiger partial charge < -0.3 is 4.42 Å². The van der Waals surface area contributed by atoms with Gasteiger partial charge in [-0.25, -0.2) is 4.98 Å². The first-order valence-electron chi connectivity index (χ1n) is 6.22. The lowest BCUT2D eigenvalue weighted by Gasteiger charge is -2.32. The van der Waals surface area contributed by atoms with Crippen LogP contribution in [0.15, 0.2) is 28.7 Å². The molecule has 0 spiro atoms. The third-order valence-electron chi connectivity index (χ3n) is 3.59. The summed E-state index contributed by atoms with van der Waals surface area (Å²) in [4.78, 5) is 4.56. The van der Waals surface area contributed by atoms with Crippen LogP contribution in [0.4, 0.5) is 0 Å². The van der Waals surface area contributed by atoms with E-state index in [9.17, 15) is 0 Å². The number of aromatic nitrogens is 1. The largest absolute Gasteiger partial charge is 0.440 e. The summed E-state index contributed by atoms with van der Waals surface area (Å²) in [5.74, 6) is 2.43.